The van der Waals surface area contributed by atoms with Crippen molar-refractivity contribution in [1.82, 2.24) is 10.2 Å². The van der Waals surface area contributed by atoms with Gasteiger partial charge in [-0.3, -0.25) is 4.79 Å². The van der Waals surface area contributed by atoms with Crippen molar-refractivity contribution >= 4 is 18.3 Å². The molecule has 2 aliphatic heterocycles. The lowest BCUT2D eigenvalue weighted by Crippen LogP contribution is -2.45. The molecule has 1 aromatic rings. The molecule has 2 heterocycles. The molecule has 1 aromatic carbocycles. The number of aryl methyl sites for hydroxylation is 1. The Morgan fingerprint density at radius 2 is 2.00 bits per heavy atom. The van der Waals surface area contributed by atoms with E-state index < -0.39 is 12.5 Å². The molecule has 0 saturated carbocycles. The van der Waals surface area contributed by atoms with Gasteiger partial charge in [-0.05, 0) is 62.4 Å². The Hall–Kier alpha value is -1.20. The monoisotopic (exact) mass is 358 g/mol. The molecule has 2 aliphatic rings. The third kappa shape index (κ3) is 4.25. The third-order valence-electron chi connectivity index (χ3n) is 4.97. The third-order valence-corrected chi connectivity index (χ3v) is 4.97. The van der Waals surface area contributed by atoms with Crippen molar-refractivity contribution in [3.63, 3.8) is 0 Å². The molecule has 2 fully saturated rings. The summed E-state index contributed by atoms with van der Waals surface area (Å²) in [4.78, 5) is 13.9. The molecule has 0 bridgehead atoms. The van der Waals surface area contributed by atoms with Crippen LogP contribution in [-0.2, 0) is 0 Å². The smallest absolute Gasteiger partial charge is 0.265 e. The fourth-order valence-electron chi connectivity index (χ4n) is 3.65. The molecule has 0 unspecified atom stereocenters. The van der Waals surface area contributed by atoms with Crippen LogP contribution in [0.5, 0.6) is 0 Å². The Balaban J connectivity index is 0.00000208. The first-order valence-corrected chi connectivity index (χ1v) is 8.45. The first-order valence-electron chi connectivity index (χ1n) is 8.45. The van der Waals surface area contributed by atoms with E-state index in [4.69, 9.17) is 0 Å². The number of amides is 1. The second-order valence-electron chi connectivity index (χ2n) is 6.78. The fourth-order valence-corrected chi connectivity index (χ4v) is 3.65. The Labute approximate surface area is 148 Å². The van der Waals surface area contributed by atoms with Crippen LogP contribution in [0.1, 0.15) is 53.1 Å². The molecule has 3 rings (SSSR count). The van der Waals surface area contributed by atoms with E-state index in [1.165, 1.54) is 10.5 Å². The lowest BCUT2D eigenvalue weighted by molar-refractivity contribution is -0.0560. The predicted molar refractivity (Wildman–Crippen MR) is 93.4 cm³/mol. The highest BCUT2D eigenvalue weighted by atomic mass is 35.5. The number of piperidine rings is 2. The van der Waals surface area contributed by atoms with E-state index >= 15 is 0 Å². The Bertz CT molecular complexity index is 588. The Kier molecular flexibility index (Phi) is 6.21. The maximum absolute atomic E-state index is 13.5. The highest BCUT2D eigenvalue weighted by Gasteiger charge is 2.37. The van der Waals surface area contributed by atoms with Gasteiger partial charge in [-0.15, -0.1) is 12.4 Å². The van der Waals surface area contributed by atoms with Gasteiger partial charge in [0.2, 0.25) is 0 Å². The summed E-state index contributed by atoms with van der Waals surface area (Å²) in [6.07, 6.45) is 2.45. The van der Waals surface area contributed by atoms with Gasteiger partial charge in [-0.1, -0.05) is 12.1 Å². The number of nitrogens with one attached hydrogen (secondary N) is 1. The molecule has 3 nitrogen and oxygen atoms in total. The second kappa shape index (κ2) is 7.79. The fraction of sp³-hybridized carbons (Fsp3) is 0.611. The first-order chi connectivity index (χ1) is 11.0. The van der Waals surface area contributed by atoms with Crippen molar-refractivity contribution in [3.8, 4) is 0 Å². The number of likely N-dealkylation sites (tertiary alicyclic amines) is 1. The summed E-state index contributed by atoms with van der Waals surface area (Å²) >= 11 is 0. The standard InChI is InChI=1S/C18H24F2N2O.ClH/c1-13-11-15(14-5-8-21-9-6-14)3-4-16(13)17(23)22-10-2-7-18(19,20)12-22;/h3-4,11,14,21H,2,5-10,12H2,1H3;1H. The minimum Gasteiger partial charge on any atom is -0.333 e. The molecule has 24 heavy (non-hydrogen) atoms. The van der Waals surface area contributed by atoms with Gasteiger partial charge in [-0.25, -0.2) is 8.78 Å². The number of halogens is 3. The van der Waals surface area contributed by atoms with Crippen LogP contribution in [0.4, 0.5) is 8.78 Å². The predicted octanol–water partition coefficient (Wildman–Crippen LogP) is 3.76. The van der Waals surface area contributed by atoms with Gasteiger partial charge >= 0.3 is 0 Å². The van der Waals surface area contributed by atoms with Gasteiger partial charge in [0.1, 0.15) is 0 Å². The van der Waals surface area contributed by atoms with E-state index in [0.717, 1.165) is 31.5 Å². The van der Waals surface area contributed by atoms with Gasteiger partial charge in [-0.2, -0.15) is 0 Å². The minimum absolute atomic E-state index is 0. The van der Waals surface area contributed by atoms with E-state index in [9.17, 15) is 13.6 Å². The number of hydrogen-bond donors (Lipinski definition) is 1. The largest absolute Gasteiger partial charge is 0.333 e. The number of benzene rings is 1. The summed E-state index contributed by atoms with van der Waals surface area (Å²) in [5.41, 5.74) is 2.70. The number of rotatable bonds is 2. The topological polar surface area (TPSA) is 32.3 Å². The first kappa shape index (κ1) is 19.1. The van der Waals surface area contributed by atoms with Crippen molar-refractivity contribution < 1.29 is 13.6 Å². The molecule has 2 saturated heterocycles. The maximum atomic E-state index is 13.5. The average molecular weight is 359 g/mol. The molecule has 134 valence electrons. The second-order valence-corrected chi connectivity index (χ2v) is 6.78. The van der Waals surface area contributed by atoms with Gasteiger partial charge < -0.3 is 10.2 Å². The van der Waals surface area contributed by atoms with Crippen LogP contribution >= 0.6 is 12.4 Å². The lowest BCUT2D eigenvalue weighted by Gasteiger charge is -2.33. The zero-order valence-corrected chi connectivity index (χ0v) is 14.8. The Morgan fingerprint density at radius 3 is 2.62 bits per heavy atom. The molecule has 1 N–H and O–H groups in total. The quantitative estimate of drug-likeness (QED) is 0.873. The molecule has 0 aromatic heterocycles. The zero-order valence-electron chi connectivity index (χ0n) is 14.0. The van der Waals surface area contributed by atoms with Crippen LogP contribution < -0.4 is 5.32 Å². The molecule has 6 heteroatoms. The van der Waals surface area contributed by atoms with Crippen LogP contribution in [0.15, 0.2) is 18.2 Å². The van der Waals surface area contributed by atoms with E-state index in [-0.39, 0.29) is 24.7 Å². The van der Waals surface area contributed by atoms with E-state index in [1.54, 1.807) is 0 Å². The highest BCUT2D eigenvalue weighted by molar-refractivity contribution is 5.95. The summed E-state index contributed by atoms with van der Waals surface area (Å²) in [7, 11) is 0. The Morgan fingerprint density at radius 1 is 1.29 bits per heavy atom. The van der Waals surface area contributed by atoms with Crippen LogP contribution in [0.25, 0.3) is 0 Å². The molecule has 0 aliphatic carbocycles. The lowest BCUT2D eigenvalue weighted by atomic mass is 9.88. The number of carbonyl (C=O) groups excluding carboxylic acids is 1. The summed E-state index contributed by atoms with van der Waals surface area (Å²) in [5.74, 6) is -2.49. The molecular weight excluding hydrogens is 334 g/mol. The maximum Gasteiger partial charge on any atom is 0.265 e. The molecule has 1 amide bonds. The van der Waals surface area contributed by atoms with Crippen LogP contribution in [0.3, 0.4) is 0 Å². The molecular formula is C18H25ClF2N2O. The normalized spacial score (nSPS) is 21.2. The molecule has 0 radical (unpaired) electrons. The van der Waals surface area contributed by atoms with Crippen LogP contribution in [-0.4, -0.2) is 42.9 Å². The van der Waals surface area contributed by atoms with Crippen LogP contribution in [0, 0.1) is 6.92 Å². The summed E-state index contributed by atoms with van der Waals surface area (Å²) < 4.78 is 27.1. The zero-order chi connectivity index (χ0) is 16.4. The van der Waals surface area contributed by atoms with Gasteiger partial charge in [0, 0.05) is 18.5 Å². The molecule has 0 spiro atoms. The van der Waals surface area contributed by atoms with Crippen molar-refractivity contribution in [2.75, 3.05) is 26.2 Å². The average Bonchev–Trinajstić information content (AvgIpc) is 2.54. The van der Waals surface area contributed by atoms with Crippen molar-refractivity contribution in [2.24, 2.45) is 0 Å². The highest BCUT2D eigenvalue weighted by Crippen LogP contribution is 2.30. The summed E-state index contributed by atoms with van der Waals surface area (Å²) in [6, 6.07) is 5.88. The van der Waals surface area contributed by atoms with Crippen molar-refractivity contribution in [3.05, 3.63) is 34.9 Å². The van der Waals surface area contributed by atoms with Gasteiger partial charge in [0.15, 0.2) is 0 Å². The van der Waals surface area contributed by atoms with E-state index in [1.807, 2.05) is 19.1 Å². The summed E-state index contributed by atoms with van der Waals surface area (Å²) in [6.45, 7) is 3.91. The van der Waals surface area contributed by atoms with Crippen molar-refractivity contribution in [2.45, 2.75) is 44.4 Å². The van der Waals surface area contributed by atoms with Crippen molar-refractivity contribution in [1.29, 1.82) is 0 Å². The van der Waals surface area contributed by atoms with E-state index in [0.29, 0.717) is 24.4 Å². The number of hydrogen-bond acceptors (Lipinski definition) is 2. The number of carbonyl (C=O) groups is 1. The van der Waals surface area contributed by atoms with Crippen LogP contribution in [0.2, 0.25) is 0 Å². The number of nitrogens with zero attached hydrogens (tertiary/aromatic N) is 1. The minimum atomic E-state index is -2.75. The number of alkyl halides is 2. The van der Waals surface area contributed by atoms with E-state index in [2.05, 4.69) is 11.4 Å². The SMILES string of the molecule is Cc1cc(C2CCNCC2)ccc1C(=O)N1CCCC(F)(F)C1.Cl. The van der Waals surface area contributed by atoms with Gasteiger partial charge in [0.05, 0.1) is 6.54 Å². The summed E-state index contributed by atoms with van der Waals surface area (Å²) in [5, 5.41) is 3.35. The molecule has 0 atom stereocenters. The van der Waals surface area contributed by atoms with Gasteiger partial charge in [0.25, 0.3) is 11.8 Å².